The number of nitrogens with one attached hydrogen (secondary N) is 1. The van der Waals surface area contributed by atoms with Crippen LogP contribution in [0.1, 0.15) is 31.0 Å². The van der Waals surface area contributed by atoms with Crippen LogP contribution >= 0.6 is 0 Å². The molecule has 0 fully saturated rings. The Morgan fingerprint density at radius 3 is 2.20 bits per heavy atom. The van der Waals surface area contributed by atoms with Gasteiger partial charge in [-0.15, -0.1) is 0 Å². The van der Waals surface area contributed by atoms with Gasteiger partial charge in [-0.3, -0.25) is 0 Å². The van der Waals surface area contributed by atoms with E-state index in [9.17, 15) is 0 Å². The van der Waals surface area contributed by atoms with Crippen molar-refractivity contribution in [3.63, 3.8) is 0 Å². The van der Waals surface area contributed by atoms with E-state index in [1.165, 1.54) is 11.1 Å². The molecule has 0 aliphatic rings. The largest absolute Gasteiger partial charge is 0.497 e. The zero-order chi connectivity index (χ0) is 14.4. The summed E-state index contributed by atoms with van der Waals surface area (Å²) in [6.45, 7) is 4.43. The zero-order valence-corrected chi connectivity index (χ0v) is 12.5. The van der Waals surface area contributed by atoms with Gasteiger partial charge in [-0.05, 0) is 43.5 Å². The lowest BCUT2D eigenvalue weighted by molar-refractivity contribution is 0.414. The van der Waals surface area contributed by atoms with Crippen molar-refractivity contribution in [2.75, 3.05) is 7.11 Å². The maximum absolute atomic E-state index is 5.18. The maximum Gasteiger partial charge on any atom is 0.118 e. The highest BCUT2D eigenvalue weighted by Crippen LogP contribution is 2.15. The van der Waals surface area contributed by atoms with Gasteiger partial charge in [-0.1, -0.05) is 42.5 Å². The van der Waals surface area contributed by atoms with Crippen LogP contribution < -0.4 is 10.1 Å². The third-order valence-electron chi connectivity index (χ3n) is 3.54. The lowest BCUT2D eigenvalue weighted by Crippen LogP contribution is -2.30. The van der Waals surface area contributed by atoms with E-state index in [0.717, 1.165) is 12.2 Å². The summed E-state index contributed by atoms with van der Waals surface area (Å²) < 4.78 is 5.18. The minimum atomic E-state index is 0.365. The topological polar surface area (TPSA) is 21.3 Å². The van der Waals surface area contributed by atoms with Crippen LogP contribution in [0.4, 0.5) is 0 Å². The van der Waals surface area contributed by atoms with Crippen molar-refractivity contribution >= 4 is 0 Å². The fourth-order valence-corrected chi connectivity index (χ4v) is 2.44. The van der Waals surface area contributed by atoms with Crippen molar-refractivity contribution in [3.05, 3.63) is 65.7 Å². The van der Waals surface area contributed by atoms with Gasteiger partial charge in [-0.25, -0.2) is 0 Å². The molecule has 0 aliphatic heterocycles. The van der Waals surface area contributed by atoms with Gasteiger partial charge in [0.05, 0.1) is 7.11 Å². The summed E-state index contributed by atoms with van der Waals surface area (Å²) in [4.78, 5) is 0. The highest BCUT2D eigenvalue weighted by molar-refractivity contribution is 5.27. The smallest absolute Gasteiger partial charge is 0.118 e. The third-order valence-corrected chi connectivity index (χ3v) is 3.54. The second-order valence-corrected chi connectivity index (χ2v) is 5.25. The van der Waals surface area contributed by atoms with Crippen LogP contribution in [0.3, 0.4) is 0 Å². The molecule has 0 aliphatic carbocycles. The summed E-state index contributed by atoms with van der Waals surface area (Å²) in [5.41, 5.74) is 2.65. The quantitative estimate of drug-likeness (QED) is 0.856. The highest BCUT2D eigenvalue weighted by Gasteiger charge is 2.09. The number of hydrogen-bond donors (Lipinski definition) is 1. The zero-order valence-electron chi connectivity index (χ0n) is 12.5. The molecular weight excluding hydrogens is 246 g/mol. The second-order valence-electron chi connectivity index (χ2n) is 5.25. The summed E-state index contributed by atoms with van der Waals surface area (Å²) in [5, 5.41) is 3.64. The molecule has 20 heavy (non-hydrogen) atoms. The van der Waals surface area contributed by atoms with Gasteiger partial charge < -0.3 is 10.1 Å². The van der Waals surface area contributed by atoms with Crippen molar-refractivity contribution in [2.45, 2.75) is 32.4 Å². The van der Waals surface area contributed by atoms with E-state index < -0.39 is 0 Å². The molecule has 0 amide bonds. The van der Waals surface area contributed by atoms with E-state index in [1.807, 2.05) is 12.1 Å². The average Bonchev–Trinajstić information content (AvgIpc) is 2.49. The van der Waals surface area contributed by atoms with Crippen LogP contribution in [-0.2, 0) is 6.42 Å². The molecular formula is C18H23NO. The molecule has 106 valence electrons. The van der Waals surface area contributed by atoms with Gasteiger partial charge in [0.15, 0.2) is 0 Å². The molecule has 1 unspecified atom stereocenters. The Labute approximate surface area is 121 Å². The van der Waals surface area contributed by atoms with Crippen LogP contribution in [0.5, 0.6) is 5.75 Å². The maximum atomic E-state index is 5.18. The van der Waals surface area contributed by atoms with Crippen LogP contribution in [0.25, 0.3) is 0 Å². The molecule has 0 saturated heterocycles. The van der Waals surface area contributed by atoms with Gasteiger partial charge in [0.25, 0.3) is 0 Å². The second kappa shape index (κ2) is 7.11. The molecule has 0 bridgehead atoms. The lowest BCUT2D eigenvalue weighted by atomic mass is 10.0. The Kier molecular flexibility index (Phi) is 5.19. The molecule has 2 rings (SSSR count). The molecule has 2 atom stereocenters. The van der Waals surface area contributed by atoms with Crippen molar-refractivity contribution in [3.8, 4) is 5.75 Å². The van der Waals surface area contributed by atoms with Crippen LogP contribution in [0.2, 0.25) is 0 Å². The Hall–Kier alpha value is -1.80. The van der Waals surface area contributed by atoms with E-state index in [4.69, 9.17) is 4.74 Å². The van der Waals surface area contributed by atoms with Crippen LogP contribution in [0.15, 0.2) is 54.6 Å². The number of ether oxygens (including phenoxy) is 1. The lowest BCUT2D eigenvalue weighted by Gasteiger charge is -2.20. The minimum absolute atomic E-state index is 0.365. The summed E-state index contributed by atoms with van der Waals surface area (Å²) in [5.74, 6) is 0.909. The Balaban J connectivity index is 1.90. The highest BCUT2D eigenvalue weighted by atomic mass is 16.5. The summed E-state index contributed by atoms with van der Waals surface area (Å²) in [7, 11) is 1.70. The first-order valence-electron chi connectivity index (χ1n) is 7.13. The summed E-state index contributed by atoms with van der Waals surface area (Å²) in [6, 6.07) is 19.6. The molecule has 2 aromatic carbocycles. The number of methoxy groups -OCH3 is 1. The number of hydrogen-bond acceptors (Lipinski definition) is 2. The molecule has 0 saturated carbocycles. The normalized spacial score (nSPS) is 13.8. The van der Waals surface area contributed by atoms with E-state index in [-0.39, 0.29) is 0 Å². The molecule has 2 aromatic rings. The standard InChI is InChI=1S/C18H23NO/c1-14(13-16-9-11-18(20-3)12-10-16)19-15(2)17-7-5-4-6-8-17/h4-12,14-15,19H,13H2,1-3H3/t14?,15-/m1/s1. The van der Waals surface area contributed by atoms with E-state index >= 15 is 0 Å². The monoisotopic (exact) mass is 269 g/mol. The predicted octanol–water partition coefficient (Wildman–Crippen LogP) is 3.98. The number of benzene rings is 2. The molecule has 0 radical (unpaired) electrons. The Morgan fingerprint density at radius 2 is 1.60 bits per heavy atom. The van der Waals surface area contributed by atoms with Gasteiger partial charge in [0.1, 0.15) is 5.75 Å². The number of rotatable bonds is 6. The Morgan fingerprint density at radius 1 is 0.950 bits per heavy atom. The first-order chi connectivity index (χ1) is 9.69. The van der Waals surface area contributed by atoms with Gasteiger partial charge in [-0.2, -0.15) is 0 Å². The van der Waals surface area contributed by atoms with E-state index in [1.54, 1.807) is 7.11 Å². The predicted molar refractivity (Wildman–Crippen MR) is 84.2 cm³/mol. The third kappa shape index (κ3) is 4.10. The van der Waals surface area contributed by atoms with E-state index in [2.05, 4.69) is 61.6 Å². The van der Waals surface area contributed by atoms with Crippen molar-refractivity contribution in [1.29, 1.82) is 0 Å². The Bertz CT molecular complexity index is 507. The van der Waals surface area contributed by atoms with Gasteiger partial charge in [0, 0.05) is 12.1 Å². The first kappa shape index (κ1) is 14.6. The summed E-state index contributed by atoms with van der Waals surface area (Å²) >= 11 is 0. The molecule has 0 heterocycles. The fourth-order valence-electron chi connectivity index (χ4n) is 2.44. The SMILES string of the molecule is COc1ccc(CC(C)N[C@H](C)c2ccccc2)cc1. The molecule has 2 nitrogen and oxygen atoms in total. The van der Waals surface area contributed by atoms with Crippen molar-refractivity contribution in [1.82, 2.24) is 5.32 Å². The van der Waals surface area contributed by atoms with E-state index in [0.29, 0.717) is 12.1 Å². The first-order valence-corrected chi connectivity index (χ1v) is 7.13. The molecule has 0 spiro atoms. The van der Waals surface area contributed by atoms with Gasteiger partial charge in [0.2, 0.25) is 0 Å². The van der Waals surface area contributed by atoms with Gasteiger partial charge >= 0.3 is 0 Å². The van der Waals surface area contributed by atoms with Crippen molar-refractivity contribution in [2.24, 2.45) is 0 Å². The fraction of sp³-hybridized carbons (Fsp3) is 0.333. The average molecular weight is 269 g/mol. The molecule has 0 aromatic heterocycles. The summed E-state index contributed by atoms with van der Waals surface area (Å²) in [6.07, 6.45) is 1.02. The van der Waals surface area contributed by atoms with Crippen LogP contribution in [0, 0.1) is 0 Å². The molecule has 2 heteroatoms. The van der Waals surface area contributed by atoms with Crippen LogP contribution in [-0.4, -0.2) is 13.2 Å². The minimum Gasteiger partial charge on any atom is -0.497 e. The molecule has 1 N–H and O–H groups in total. The van der Waals surface area contributed by atoms with Crippen molar-refractivity contribution < 1.29 is 4.74 Å².